The Morgan fingerprint density at radius 2 is 2.19 bits per heavy atom. The van der Waals surface area contributed by atoms with Gasteiger partial charge in [-0.05, 0) is 28.1 Å². The van der Waals surface area contributed by atoms with Crippen LogP contribution in [0.3, 0.4) is 0 Å². The highest BCUT2D eigenvalue weighted by Gasteiger charge is 2.05. The van der Waals surface area contributed by atoms with Crippen LogP contribution in [0.25, 0.3) is 0 Å². The van der Waals surface area contributed by atoms with Crippen molar-refractivity contribution in [1.29, 1.82) is 0 Å². The van der Waals surface area contributed by atoms with E-state index < -0.39 is 10.0 Å². The lowest BCUT2D eigenvalue weighted by Gasteiger charge is -2.02. The van der Waals surface area contributed by atoms with E-state index in [2.05, 4.69) is 21.0 Å². The van der Waals surface area contributed by atoms with Gasteiger partial charge in [0.25, 0.3) is 0 Å². The van der Waals surface area contributed by atoms with Gasteiger partial charge < -0.3 is 5.11 Å². The first kappa shape index (κ1) is 13.3. The molecule has 2 N–H and O–H groups in total. The van der Waals surface area contributed by atoms with Crippen molar-refractivity contribution >= 4 is 43.8 Å². The maximum Gasteiger partial charge on any atom is 0.244 e. The molecule has 1 rings (SSSR count). The van der Waals surface area contributed by atoms with Gasteiger partial charge in [0, 0.05) is 10.6 Å². The van der Waals surface area contributed by atoms with Gasteiger partial charge >= 0.3 is 0 Å². The predicted molar refractivity (Wildman–Crippen MR) is 66.4 cm³/mol. The number of phenolic OH excluding ortho intramolecular Hbond substituents is 1. The standard InChI is InChI=1S/C8H8BrClN2O3S/c1-16(14,15)12-11-4-5-2-6(10)3-7(9)8(5)13/h2-4,12-13H,1H3/b11-4-. The first-order chi connectivity index (χ1) is 7.29. The molecule has 88 valence electrons. The Kier molecular flexibility index (Phi) is 4.17. The van der Waals surface area contributed by atoms with E-state index in [1.54, 1.807) is 0 Å². The smallest absolute Gasteiger partial charge is 0.244 e. The van der Waals surface area contributed by atoms with Crippen LogP contribution in [-0.2, 0) is 10.0 Å². The summed E-state index contributed by atoms with van der Waals surface area (Å²) >= 11 is 8.84. The number of sulfonamides is 1. The quantitative estimate of drug-likeness (QED) is 0.655. The van der Waals surface area contributed by atoms with Gasteiger partial charge in [-0.15, -0.1) is 0 Å². The van der Waals surface area contributed by atoms with Crippen molar-refractivity contribution in [2.45, 2.75) is 0 Å². The Labute approximate surface area is 106 Å². The van der Waals surface area contributed by atoms with Crippen LogP contribution >= 0.6 is 27.5 Å². The van der Waals surface area contributed by atoms with Crippen molar-refractivity contribution in [3.63, 3.8) is 0 Å². The van der Waals surface area contributed by atoms with Crippen LogP contribution in [0, 0.1) is 0 Å². The lowest BCUT2D eigenvalue weighted by molar-refractivity contribution is 0.471. The Balaban J connectivity index is 2.98. The van der Waals surface area contributed by atoms with Gasteiger partial charge in [-0.2, -0.15) is 5.10 Å². The van der Waals surface area contributed by atoms with Crippen LogP contribution in [-0.4, -0.2) is 26.0 Å². The van der Waals surface area contributed by atoms with Crippen LogP contribution in [0.5, 0.6) is 5.75 Å². The number of rotatable bonds is 3. The summed E-state index contributed by atoms with van der Waals surface area (Å²) in [5.41, 5.74) is 0.301. The molecule has 0 aliphatic heterocycles. The zero-order valence-electron chi connectivity index (χ0n) is 8.11. The normalized spacial score (nSPS) is 11.9. The first-order valence-electron chi connectivity index (χ1n) is 3.97. The van der Waals surface area contributed by atoms with E-state index in [1.807, 2.05) is 4.83 Å². The fourth-order valence-corrected chi connectivity index (χ4v) is 1.95. The number of nitrogens with zero attached hydrogens (tertiary/aromatic N) is 1. The SMILES string of the molecule is CS(=O)(=O)N/N=C\c1cc(Cl)cc(Br)c1O. The van der Waals surface area contributed by atoms with Crippen LogP contribution < -0.4 is 4.83 Å². The predicted octanol–water partition coefficient (Wildman–Crippen LogP) is 1.69. The van der Waals surface area contributed by atoms with E-state index in [9.17, 15) is 13.5 Å². The monoisotopic (exact) mass is 326 g/mol. The number of halogens is 2. The molecule has 0 saturated heterocycles. The molecular weight excluding hydrogens is 320 g/mol. The third kappa shape index (κ3) is 3.99. The Morgan fingerprint density at radius 1 is 1.56 bits per heavy atom. The van der Waals surface area contributed by atoms with E-state index in [1.165, 1.54) is 12.1 Å². The third-order valence-electron chi connectivity index (χ3n) is 1.48. The van der Waals surface area contributed by atoms with Gasteiger partial charge in [0.2, 0.25) is 10.0 Å². The van der Waals surface area contributed by atoms with Crippen LogP contribution in [0.4, 0.5) is 0 Å². The highest BCUT2D eigenvalue weighted by atomic mass is 79.9. The Morgan fingerprint density at radius 3 is 2.75 bits per heavy atom. The molecule has 1 aromatic rings. The number of nitrogens with one attached hydrogen (secondary N) is 1. The maximum atomic E-state index is 10.7. The number of benzene rings is 1. The highest BCUT2D eigenvalue weighted by Crippen LogP contribution is 2.30. The minimum absolute atomic E-state index is 0.0662. The molecule has 0 saturated carbocycles. The fourth-order valence-electron chi connectivity index (χ4n) is 0.876. The molecule has 0 radical (unpaired) electrons. The second-order valence-electron chi connectivity index (χ2n) is 2.95. The molecule has 1 aromatic carbocycles. The van der Waals surface area contributed by atoms with Crippen molar-refractivity contribution in [3.8, 4) is 5.75 Å². The van der Waals surface area contributed by atoms with Gasteiger partial charge in [0.1, 0.15) is 5.75 Å². The molecule has 0 atom stereocenters. The van der Waals surface area contributed by atoms with E-state index in [4.69, 9.17) is 11.6 Å². The number of phenols is 1. The molecule has 0 unspecified atom stereocenters. The molecular formula is C8H8BrClN2O3S. The van der Waals surface area contributed by atoms with Crippen LogP contribution in [0.2, 0.25) is 5.02 Å². The highest BCUT2D eigenvalue weighted by molar-refractivity contribution is 9.10. The molecule has 0 fully saturated rings. The number of aromatic hydroxyl groups is 1. The van der Waals surface area contributed by atoms with Crippen molar-refractivity contribution in [3.05, 3.63) is 27.2 Å². The second-order valence-corrected chi connectivity index (χ2v) is 5.96. The van der Waals surface area contributed by atoms with Gasteiger partial charge in [-0.3, -0.25) is 0 Å². The molecule has 0 aromatic heterocycles. The summed E-state index contributed by atoms with van der Waals surface area (Å²) in [6, 6.07) is 2.97. The van der Waals surface area contributed by atoms with E-state index >= 15 is 0 Å². The molecule has 0 aliphatic rings. The van der Waals surface area contributed by atoms with Crippen LogP contribution in [0.15, 0.2) is 21.7 Å². The Hall–Kier alpha value is -0.790. The van der Waals surface area contributed by atoms with Gasteiger partial charge in [0.05, 0.1) is 16.9 Å². The zero-order valence-corrected chi connectivity index (χ0v) is 11.3. The summed E-state index contributed by atoms with van der Waals surface area (Å²) in [6.45, 7) is 0. The van der Waals surface area contributed by atoms with Crippen LogP contribution in [0.1, 0.15) is 5.56 Å². The van der Waals surface area contributed by atoms with Crippen molar-refractivity contribution in [2.24, 2.45) is 5.10 Å². The molecule has 0 heterocycles. The summed E-state index contributed by atoms with van der Waals surface area (Å²) < 4.78 is 21.8. The largest absolute Gasteiger partial charge is 0.506 e. The molecule has 0 bridgehead atoms. The van der Waals surface area contributed by atoms with Crippen molar-refractivity contribution in [2.75, 3.05) is 6.26 Å². The number of hydrogen-bond donors (Lipinski definition) is 2. The average Bonchev–Trinajstić information content (AvgIpc) is 2.11. The fraction of sp³-hybridized carbons (Fsp3) is 0.125. The summed E-state index contributed by atoms with van der Waals surface area (Å²) in [7, 11) is -3.40. The molecule has 8 heteroatoms. The van der Waals surface area contributed by atoms with Gasteiger partial charge in [-0.25, -0.2) is 13.2 Å². The number of hydrazone groups is 1. The third-order valence-corrected chi connectivity index (χ3v) is 2.74. The van der Waals surface area contributed by atoms with Crippen molar-refractivity contribution in [1.82, 2.24) is 4.83 Å². The maximum absolute atomic E-state index is 10.7. The first-order valence-corrected chi connectivity index (χ1v) is 7.03. The molecule has 0 amide bonds. The zero-order chi connectivity index (χ0) is 12.3. The molecule has 5 nitrogen and oxygen atoms in total. The lowest BCUT2D eigenvalue weighted by atomic mass is 10.2. The summed E-state index contributed by atoms with van der Waals surface area (Å²) in [5.74, 6) is -0.0662. The Bertz CT molecular complexity index is 530. The lowest BCUT2D eigenvalue weighted by Crippen LogP contribution is -2.15. The number of hydrogen-bond acceptors (Lipinski definition) is 4. The van der Waals surface area contributed by atoms with E-state index in [0.29, 0.717) is 15.1 Å². The topological polar surface area (TPSA) is 78.8 Å². The molecule has 0 aliphatic carbocycles. The summed E-state index contributed by atoms with van der Waals surface area (Å²) in [5, 5.41) is 13.4. The molecule has 16 heavy (non-hydrogen) atoms. The van der Waals surface area contributed by atoms with Gasteiger partial charge in [-0.1, -0.05) is 11.6 Å². The van der Waals surface area contributed by atoms with Gasteiger partial charge in [0.15, 0.2) is 0 Å². The van der Waals surface area contributed by atoms with E-state index in [-0.39, 0.29) is 5.75 Å². The summed E-state index contributed by atoms with van der Waals surface area (Å²) in [4.78, 5) is 1.91. The average molecular weight is 328 g/mol. The van der Waals surface area contributed by atoms with E-state index in [0.717, 1.165) is 12.5 Å². The van der Waals surface area contributed by atoms with Crippen molar-refractivity contribution < 1.29 is 13.5 Å². The minimum Gasteiger partial charge on any atom is -0.506 e. The summed E-state index contributed by atoms with van der Waals surface area (Å²) in [6.07, 6.45) is 2.13. The second kappa shape index (κ2) is 5.03. The minimum atomic E-state index is -3.40. The molecule has 0 spiro atoms.